The lowest BCUT2D eigenvalue weighted by atomic mass is 9.78. The molecule has 2 saturated carbocycles. The summed E-state index contributed by atoms with van der Waals surface area (Å²) in [5.74, 6) is 1.57. The number of hydrogen-bond acceptors (Lipinski definition) is 4. The van der Waals surface area contributed by atoms with Gasteiger partial charge in [0.05, 0.1) is 13.1 Å². The van der Waals surface area contributed by atoms with Crippen molar-refractivity contribution >= 4 is 11.8 Å². The number of carbonyl (C=O) groups excluding carboxylic acids is 2. The topological polar surface area (TPSA) is 64.7 Å². The Balaban J connectivity index is 1.33. The molecule has 25 heavy (non-hydrogen) atoms. The van der Waals surface area contributed by atoms with Crippen molar-refractivity contribution in [2.75, 3.05) is 39.3 Å². The summed E-state index contributed by atoms with van der Waals surface area (Å²) in [4.78, 5) is 28.7. The smallest absolute Gasteiger partial charge is 0.234 e. The molecule has 3 fully saturated rings. The Morgan fingerprint density at radius 2 is 1.40 bits per heavy atom. The number of piperazine rings is 1. The van der Waals surface area contributed by atoms with Crippen LogP contribution in [0, 0.1) is 11.8 Å². The van der Waals surface area contributed by atoms with Gasteiger partial charge in [-0.15, -0.1) is 0 Å². The Morgan fingerprint density at radius 1 is 0.840 bits per heavy atom. The van der Waals surface area contributed by atoms with Crippen LogP contribution in [0.25, 0.3) is 0 Å². The SMILES string of the molecule is CC1CCCC(NC(=O)CN2CCN(CC(=O)NC3CC3)CC2)C1C. The third kappa shape index (κ3) is 5.68. The molecule has 1 heterocycles. The Morgan fingerprint density at radius 3 is 1.96 bits per heavy atom. The minimum Gasteiger partial charge on any atom is -0.352 e. The zero-order valence-corrected chi connectivity index (χ0v) is 15.8. The van der Waals surface area contributed by atoms with Crippen molar-refractivity contribution in [3.63, 3.8) is 0 Å². The van der Waals surface area contributed by atoms with Crippen LogP contribution in [-0.2, 0) is 9.59 Å². The summed E-state index contributed by atoms with van der Waals surface area (Å²) in [5, 5.41) is 6.30. The highest BCUT2D eigenvalue weighted by molar-refractivity contribution is 5.79. The second kappa shape index (κ2) is 8.49. The highest BCUT2D eigenvalue weighted by Crippen LogP contribution is 2.29. The summed E-state index contributed by atoms with van der Waals surface area (Å²) in [7, 11) is 0. The summed E-state index contributed by atoms with van der Waals surface area (Å²) in [6, 6.07) is 0.769. The van der Waals surface area contributed by atoms with Crippen LogP contribution in [0.4, 0.5) is 0 Å². The van der Waals surface area contributed by atoms with Crippen molar-refractivity contribution in [3.05, 3.63) is 0 Å². The van der Waals surface area contributed by atoms with Crippen LogP contribution < -0.4 is 10.6 Å². The van der Waals surface area contributed by atoms with E-state index in [9.17, 15) is 9.59 Å². The average Bonchev–Trinajstić information content (AvgIpc) is 3.37. The molecule has 0 radical (unpaired) electrons. The van der Waals surface area contributed by atoms with Crippen LogP contribution in [-0.4, -0.2) is 73.0 Å². The van der Waals surface area contributed by atoms with E-state index >= 15 is 0 Å². The van der Waals surface area contributed by atoms with Crippen molar-refractivity contribution in [3.8, 4) is 0 Å². The van der Waals surface area contributed by atoms with E-state index in [1.807, 2.05) is 0 Å². The minimum absolute atomic E-state index is 0.147. The summed E-state index contributed by atoms with van der Waals surface area (Å²) in [5.41, 5.74) is 0. The lowest BCUT2D eigenvalue weighted by Crippen LogP contribution is -2.53. The Hall–Kier alpha value is -1.14. The van der Waals surface area contributed by atoms with Gasteiger partial charge in [0.2, 0.25) is 11.8 Å². The lowest BCUT2D eigenvalue weighted by molar-refractivity contribution is -0.125. The van der Waals surface area contributed by atoms with Crippen LogP contribution in [0.1, 0.15) is 46.0 Å². The van der Waals surface area contributed by atoms with Crippen molar-refractivity contribution in [1.82, 2.24) is 20.4 Å². The molecule has 0 aromatic rings. The van der Waals surface area contributed by atoms with E-state index in [2.05, 4.69) is 34.3 Å². The largest absolute Gasteiger partial charge is 0.352 e. The lowest BCUT2D eigenvalue weighted by Gasteiger charge is -2.36. The van der Waals surface area contributed by atoms with E-state index < -0.39 is 0 Å². The predicted molar refractivity (Wildman–Crippen MR) is 98.2 cm³/mol. The van der Waals surface area contributed by atoms with Gasteiger partial charge >= 0.3 is 0 Å². The van der Waals surface area contributed by atoms with Gasteiger partial charge in [0.15, 0.2) is 0 Å². The van der Waals surface area contributed by atoms with Gasteiger partial charge in [-0.05, 0) is 31.1 Å². The maximum absolute atomic E-state index is 12.4. The maximum Gasteiger partial charge on any atom is 0.234 e. The Bertz CT molecular complexity index is 472. The van der Waals surface area contributed by atoms with Gasteiger partial charge in [-0.2, -0.15) is 0 Å². The van der Waals surface area contributed by atoms with Crippen molar-refractivity contribution < 1.29 is 9.59 Å². The number of nitrogens with zero attached hydrogens (tertiary/aromatic N) is 2. The molecule has 3 rings (SSSR count). The molecular weight excluding hydrogens is 316 g/mol. The van der Waals surface area contributed by atoms with Gasteiger partial charge in [0, 0.05) is 38.3 Å². The third-order valence-electron chi connectivity index (χ3n) is 6.20. The number of nitrogens with one attached hydrogen (secondary N) is 2. The van der Waals surface area contributed by atoms with Crippen molar-refractivity contribution in [2.24, 2.45) is 11.8 Å². The Kier molecular flexibility index (Phi) is 6.34. The second-order valence-corrected chi connectivity index (χ2v) is 8.34. The van der Waals surface area contributed by atoms with E-state index in [0.717, 1.165) is 45.4 Å². The first-order valence-corrected chi connectivity index (χ1v) is 10.0. The van der Waals surface area contributed by atoms with Gasteiger partial charge in [-0.1, -0.05) is 26.7 Å². The molecule has 3 atom stereocenters. The number of hydrogen-bond donors (Lipinski definition) is 2. The maximum atomic E-state index is 12.4. The van der Waals surface area contributed by atoms with E-state index in [0.29, 0.717) is 37.0 Å². The number of rotatable bonds is 6. The van der Waals surface area contributed by atoms with Crippen molar-refractivity contribution in [1.29, 1.82) is 0 Å². The van der Waals surface area contributed by atoms with E-state index in [1.54, 1.807) is 0 Å². The first-order chi connectivity index (χ1) is 12.0. The quantitative estimate of drug-likeness (QED) is 0.745. The fourth-order valence-corrected chi connectivity index (χ4v) is 4.05. The fourth-order valence-electron chi connectivity index (χ4n) is 4.05. The van der Waals surface area contributed by atoms with Crippen molar-refractivity contribution in [2.45, 2.75) is 58.0 Å². The highest BCUT2D eigenvalue weighted by atomic mass is 16.2. The first-order valence-electron chi connectivity index (χ1n) is 10.0. The predicted octanol–water partition coefficient (Wildman–Crippen LogP) is 0.824. The summed E-state index contributed by atoms with van der Waals surface area (Å²) in [6.45, 7) is 8.99. The van der Waals surface area contributed by atoms with Crippen LogP contribution in [0.5, 0.6) is 0 Å². The summed E-state index contributed by atoms with van der Waals surface area (Å²) in [6.07, 6.45) is 5.88. The molecule has 2 amide bonds. The molecule has 142 valence electrons. The molecule has 0 spiro atoms. The van der Waals surface area contributed by atoms with Gasteiger partial charge in [-0.25, -0.2) is 0 Å². The molecule has 0 aromatic carbocycles. The monoisotopic (exact) mass is 350 g/mol. The van der Waals surface area contributed by atoms with Gasteiger partial charge in [-0.3, -0.25) is 19.4 Å². The highest BCUT2D eigenvalue weighted by Gasteiger charge is 2.29. The normalized spacial score (nSPS) is 31.5. The van der Waals surface area contributed by atoms with E-state index in [-0.39, 0.29) is 11.8 Å². The molecule has 0 aromatic heterocycles. The molecular formula is C19H34N4O2. The Labute approximate surface area is 151 Å². The minimum atomic E-state index is 0.147. The average molecular weight is 351 g/mol. The second-order valence-electron chi connectivity index (χ2n) is 8.34. The van der Waals surface area contributed by atoms with Crippen LogP contribution >= 0.6 is 0 Å². The molecule has 1 aliphatic heterocycles. The van der Waals surface area contributed by atoms with E-state index in [1.165, 1.54) is 12.8 Å². The van der Waals surface area contributed by atoms with Crippen LogP contribution in [0.15, 0.2) is 0 Å². The van der Waals surface area contributed by atoms with Gasteiger partial charge in [0.25, 0.3) is 0 Å². The first kappa shape index (κ1) is 18.6. The van der Waals surface area contributed by atoms with E-state index in [4.69, 9.17) is 0 Å². The molecule has 6 heteroatoms. The zero-order valence-electron chi connectivity index (χ0n) is 15.8. The molecule has 3 unspecified atom stereocenters. The van der Waals surface area contributed by atoms with Gasteiger partial charge in [0.1, 0.15) is 0 Å². The summed E-state index contributed by atoms with van der Waals surface area (Å²) >= 11 is 0. The summed E-state index contributed by atoms with van der Waals surface area (Å²) < 4.78 is 0. The number of carbonyl (C=O) groups is 2. The molecule has 0 bridgehead atoms. The molecule has 1 saturated heterocycles. The molecule has 2 N–H and O–H groups in total. The molecule has 6 nitrogen and oxygen atoms in total. The van der Waals surface area contributed by atoms with Gasteiger partial charge < -0.3 is 10.6 Å². The van der Waals surface area contributed by atoms with Crippen LogP contribution in [0.3, 0.4) is 0 Å². The fraction of sp³-hybridized carbons (Fsp3) is 0.895. The molecule has 3 aliphatic rings. The molecule has 2 aliphatic carbocycles. The standard InChI is InChI=1S/C19H34N4O2/c1-14-4-3-5-17(15(14)2)21-19(25)13-23-10-8-22(9-11-23)12-18(24)20-16-6-7-16/h14-17H,3-13H2,1-2H3,(H,20,24)(H,21,25). The number of amides is 2. The third-order valence-corrected chi connectivity index (χ3v) is 6.20. The zero-order chi connectivity index (χ0) is 17.8. The van der Waals surface area contributed by atoms with Crippen LogP contribution in [0.2, 0.25) is 0 Å².